The monoisotopic (exact) mass is 290 g/mol. The highest BCUT2D eigenvalue weighted by Gasteiger charge is 2.29. The van der Waals surface area contributed by atoms with Crippen LogP contribution in [0.4, 0.5) is 5.82 Å². The van der Waals surface area contributed by atoms with Gasteiger partial charge in [-0.15, -0.1) is 0 Å². The number of primary amides is 1. The second-order valence-electron chi connectivity index (χ2n) is 4.94. The maximum absolute atomic E-state index is 11.7. The molecule has 2 heterocycles. The van der Waals surface area contributed by atoms with E-state index in [0.29, 0.717) is 5.82 Å². The maximum atomic E-state index is 11.7. The Labute approximate surface area is 121 Å². The summed E-state index contributed by atoms with van der Waals surface area (Å²) in [5, 5.41) is 1.08. The fourth-order valence-corrected chi connectivity index (χ4v) is 2.90. The molecule has 6 heteroatoms. The molecule has 0 bridgehead atoms. The van der Waals surface area contributed by atoms with E-state index in [0.717, 1.165) is 36.7 Å². The highest BCUT2D eigenvalue weighted by molar-refractivity contribution is 6.28. The smallest absolute Gasteiger partial charge is 0.240 e. The third kappa shape index (κ3) is 2.29. The van der Waals surface area contributed by atoms with Crippen molar-refractivity contribution in [2.24, 2.45) is 5.73 Å². The second kappa shape index (κ2) is 5.25. The average Bonchev–Trinajstić information content (AvgIpc) is 2.46. The van der Waals surface area contributed by atoms with E-state index >= 15 is 0 Å². The van der Waals surface area contributed by atoms with Crippen LogP contribution in [0.5, 0.6) is 0 Å². The molecule has 20 heavy (non-hydrogen) atoms. The Hall–Kier alpha value is -1.88. The predicted octanol–water partition coefficient (Wildman–Crippen LogP) is 2.13. The molecule has 1 aliphatic heterocycles. The fourth-order valence-electron chi connectivity index (χ4n) is 2.73. The molecule has 5 nitrogen and oxygen atoms in total. The van der Waals surface area contributed by atoms with Crippen molar-refractivity contribution in [3.05, 3.63) is 29.5 Å². The minimum Gasteiger partial charge on any atom is -0.368 e. The number of hydrogen-bond acceptors (Lipinski definition) is 4. The first kappa shape index (κ1) is 13.1. The number of halogens is 1. The summed E-state index contributed by atoms with van der Waals surface area (Å²) in [5.74, 6) is 0.382. The summed E-state index contributed by atoms with van der Waals surface area (Å²) < 4.78 is 0. The van der Waals surface area contributed by atoms with E-state index in [1.807, 2.05) is 29.2 Å². The Morgan fingerprint density at radius 2 is 2.10 bits per heavy atom. The van der Waals surface area contributed by atoms with Gasteiger partial charge in [0, 0.05) is 11.9 Å². The van der Waals surface area contributed by atoms with Crippen LogP contribution in [-0.2, 0) is 4.79 Å². The van der Waals surface area contributed by atoms with Gasteiger partial charge in [-0.2, -0.15) is 4.98 Å². The van der Waals surface area contributed by atoms with Gasteiger partial charge in [-0.1, -0.05) is 12.1 Å². The van der Waals surface area contributed by atoms with E-state index in [9.17, 15) is 4.79 Å². The number of aromatic nitrogens is 2. The van der Waals surface area contributed by atoms with Crippen molar-refractivity contribution in [2.45, 2.75) is 25.3 Å². The summed E-state index contributed by atoms with van der Waals surface area (Å²) in [6.07, 6.45) is 2.77. The minimum absolute atomic E-state index is 0.187. The first-order chi connectivity index (χ1) is 9.66. The van der Waals surface area contributed by atoms with Crippen molar-refractivity contribution in [3.63, 3.8) is 0 Å². The molecule has 1 atom stereocenters. The predicted molar refractivity (Wildman–Crippen MR) is 78.7 cm³/mol. The number of para-hydroxylation sites is 1. The molecule has 2 N–H and O–H groups in total. The Bertz CT molecular complexity index is 661. The Balaban J connectivity index is 2.14. The number of rotatable bonds is 2. The van der Waals surface area contributed by atoms with E-state index in [2.05, 4.69) is 9.97 Å². The first-order valence-corrected chi connectivity index (χ1v) is 7.03. The quantitative estimate of drug-likeness (QED) is 0.860. The van der Waals surface area contributed by atoms with E-state index in [1.165, 1.54) is 0 Å². The molecule has 3 rings (SSSR count). The number of nitrogens with zero attached hydrogens (tertiary/aromatic N) is 3. The summed E-state index contributed by atoms with van der Waals surface area (Å²) in [4.78, 5) is 22.2. The van der Waals surface area contributed by atoms with Crippen molar-refractivity contribution in [3.8, 4) is 0 Å². The van der Waals surface area contributed by atoms with Gasteiger partial charge in [-0.3, -0.25) is 4.79 Å². The third-order valence-corrected chi connectivity index (χ3v) is 3.83. The largest absolute Gasteiger partial charge is 0.368 e. The first-order valence-electron chi connectivity index (χ1n) is 6.65. The standard InChI is InChI=1S/C14H15ClN4O/c15-14-17-10-6-2-1-5-9(10)13(18-14)19-8-4-3-7-11(19)12(16)20/h1-2,5-6,11H,3-4,7-8H2,(H2,16,20). The van der Waals surface area contributed by atoms with Crippen molar-refractivity contribution in [2.75, 3.05) is 11.4 Å². The molecule has 0 radical (unpaired) electrons. The van der Waals surface area contributed by atoms with Crippen LogP contribution in [0.15, 0.2) is 24.3 Å². The summed E-state index contributed by atoms with van der Waals surface area (Å²) in [6.45, 7) is 0.755. The zero-order chi connectivity index (χ0) is 14.1. The normalized spacial score (nSPS) is 19.2. The zero-order valence-electron chi connectivity index (χ0n) is 10.9. The number of benzene rings is 1. The number of carbonyl (C=O) groups is 1. The highest BCUT2D eigenvalue weighted by atomic mass is 35.5. The van der Waals surface area contributed by atoms with Crippen LogP contribution in [0.1, 0.15) is 19.3 Å². The van der Waals surface area contributed by atoms with E-state index in [4.69, 9.17) is 17.3 Å². The fraction of sp³-hybridized carbons (Fsp3) is 0.357. The number of piperidine rings is 1. The van der Waals surface area contributed by atoms with E-state index in [1.54, 1.807) is 0 Å². The average molecular weight is 291 g/mol. The molecule has 104 valence electrons. The third-order valence-electron chi connectivity index (χ3n) is 3.66. The summed E-state index contributed by atoms with van der Waals surface area (Å²) in [7, 11) is 0. The van der Waals surface area contributed by atoms with Gasteiger partial charge in [0.15, 0.2) is 0 Å². The van der Waals surface area contributed by atoms with Crippen molar-refractivity contribution in [1.82, 2.24) is 9.97 Å². The number of fused-ring (bicyclic) bond motifs is 1. The van der Waals surface area contributed by atoms with E-state index in [-0.39, 0.29) is 17.2 Å². The molecule has 1 fully saturated rings. The van der Waals surface area contributed by atoms with Gasteiger partial charge in [0.05, 0.1) is 5.52 Å². The molecule has 1 unspecified atom stereocenters. The Kier molecular flexibility index (Phi) is 3.44. The second-order valence-corrected chi connectivity index (χ2v) is 5.28. The van der Waals surface area contributed by atoms with Crippen LogP contribution in [0.2, 0.25) is 5.28 Å². The lowest BCUT2D eigenvalue weighted by atomic mass is 10.0. The molecule has 1 aromatic carbocycles. The number of amides is 1. The van der Waals surface area contributed by atoms with Crippen LogP contribution < -0.4 is 10.6 Å². The van der Waals surface area contributed by atoms with Crippen molar-refractivity contribution in [1.29, 1.82) is 0 Å². The molecule has 2 aromatic rings. The summed E-state index contributed by atoms with van der Waals surface area (Å²) in [5.41, 5.74) is 6.29. The molecule has 1 amide bonds. The van der Waals surface area contributed by atoms with Gasteiger partial charge >= 0.3 is 0 Å². The molecular weight excluding hydrogens is 276 g/mol. The van der Waals surface area contributed by atoms with Crippen LogP contribution in [0.3, 0.4) is 0 Å². The van der Waals surface area contributed by atoms with Crippen molar-refractivity contribution >= 4 is 34.2 Å². The van der Waals surface area contributed by atoms with E-state index < -0.39 is 0 Å². The van der Waals surface area contributed by atoms with Gasteiger partial charge in [0.1, 0.15) is 11.9 Å². The molecule has 0 saturated carbocycles. The highest BCUT2D eigenvalue weighted by Crippen LogP contribution is 2.30. The molecule has 1 aliphatic rings. The summed E-state index contributed by atoms with van der Waals surface area (Å²) >= 11 is 6.01. The number of nitrogens with two attached hydrogens (primary N) is 1. The maximum Gasteiger partial charge on any atom is 0.240 e. The minimum atomic E-state index is -0.321. The van der Waals surface area contributed by atoms with Gasteiger partial charge in [-0.05, 0) is 43.0 Å². The van der Waals surface area contributed by atoms with Gasteiger partial charge in [0.2, 0.25) is 11.2 Å². The molecule has 0 aliphatic carbocycles. The van der Waals surface area contributed by atoms with Gasteiger partial charge in [-0.25, -0.2) is 4.98 Å². The van der Waals surface area contributed by atoms with Crippen LogP contribution in [-0.4, -0.2) is 28.5 Å². The van der Waals surface area contributed by atoms with Crippen LogP contribution >= 0.6 is 11.6 Å². The SMILES string of the molecule is NC(=O)C1CCCCN1c1nc(Cl)nc2ccccc12. The van der Waals surface area contributed by atoms with Crippen LogP contribution in [0, 0.1) is 0 Å². The lowest BCUT2D eigenvalue weighted by Gasteiger charge is -2.35. The lowest BCUT2D eigenvalue weighted by molar-refractivity contribution is -0.119. The lowest BCUT2D eigenvalue weighted by Crippen LogP contribution is -2.48. The van der Waals surface area contributed by atoms with Gasteiger partial charge in [0.25, 0.3) is 0 Å². The number of hydrogen-bond donors (Lipinski definition) is 1. The molecule has 1 aromatic heterocycles. The number of carbonyl (C=O) groups excluding carboxylic acids is 1. The Morgan fingerprint density at radius 1 is 1.30 bits per heavy atom. The Morgan fingerprint density at radius 3 is 2.90 bits per heavy atom. The molecule has 1 saturated heterocycles. The zero-order valence-corrected chi connectivity index (χ0v) is 11.7. The molecule has 0 spiro atoms. The number of anilines is 1. The molecular formula is C14H15ClN4O. The topological polar surface area (TPSA) is 72.1 Å². The van der Waals surface area contributed by atoms with Gasteiger partial charge < -0.3 is 10.6 Å². The van der Waals surface area contributed by atoms with Crippen molar-refractivity contribution < 1.29 is 4.79 Å². The summed E-state index contributed by atoms with van der Waals surface area (Å²) in [6, 6.07) is 7.32. The van der Waals surface area contributed by atoms with Crippen LogP contribution in [0.25, 0.3) is 10.9 Å².